The van der Waals surface area contributed by atoms with Gasteiger partial charge in [0.25, 0.3) is 10.0 Å². The van der Waals surface area contributed by atoms with Crippen molar-refractivity contribution in [1.29, 1.82) is 0 Å². The fourth-order valence-electron chi connectivity index (χ4n) is 3.89. The summed E-state index contributed by atoms with van der Waals surface area (Å²) in [6, 6.07) is 8.22. The highest BCUT2D eigenvalue weighted by Crippen LogP contribution is 2.44. The van der Waals surface area contributed by atoms with Gasteiger partial charge in [-0.3, -0.25) is 4.72 Å². The monoisotopic (exact) mass is 523 g/mol. The number of nitrogens with one attached hydrogen (secondary N) is 1. The van der Waals surface area contributed by atoms with E-state index in [0.717, 1.165) is 23.5 Å². The van der Waals surface area contributed by atoms with Crippen LogP contribution < -0.4 is 9.46 Å². The molecule has 5 rings (SSSR count). The number of anilines is 1. The number of rotatable bonds is 5. The SMILES string of the molecule is O=S(=O)(Nc1nccs1)c1ccc2c(c1)OCC[C@H]2c1ccc(C(F)(F)F)cc1-c1nccs1. The number of benzene rings is 2. The number of nitrogens with zero attached hydrogens (tertiary/aromatic N) is 2. The maximum absolute atomic E-state index is 13.4. The Morgan fingerprint density at radius 1 is 1.00 bits per heavy atom. The highest BCUT2D eigenvalue weighted by Gasteiger charge is 2.33. The van der Waals surface area contributed by atoms with Gasteiger partial charge < -0.3 is 4.74 Å². The van der Waals surface area contributed by atoms with E-state index in [2.05, 4.69) is 14.7 Å². The molecule has 0 amide bonds. The van der Waals surface area contributed by atoms with Crippen molar-refractivity contribution in [3.63, 3.8) is 0 Å². The van der Waals surface area contributed by atoms with Crippen LogP contribution in [0.25, 0.3) is 10.6 Å². The van der Waals surface area contributed by atoms with Crippen molar-refractivity contribution in [2.24, 2.45) is 0 Å². The number of hydrogen-bond acceptors (Lipinski definition) is 7. The van der Waals surface area contributed by atoms with Crippen LogP contribution in [0, 0.1) is 0 Å². The molecule has 0 saturated heterocycles. The third kappa shape index (κ3) is 4.40. The molecule has 0 saturated carbocycles. The Labute approximate surface area is 201 Å². The summed E-state index contributed by atoms with van der Waals surface area (Å²) < 4.78 is 73.9. The minimum atomic E-state index is -4.48. The Morgan fingerprint density at radius 3 is 2.47 bits per heavy atom. The molecule has 1 aliphatic rings. The van der Waals surface area contributed by atoms with Crippen molar-refractivity contribution in [3.05, 3.63) is 76.2 Å². The topological polar surface area (TPSA) is 81.2 Å². The van der Waals surface area contributed by atoms with E-state index in [4.69, 9.17) is 4.74 Å². The molecule has 0 unspecified atom stereocenters. The third-order valence-corrected chi connectivity index (χ3v) is 8.37. The second-order valence-corrected chi connectivity index (χ2v) is 10.9. The number of ether oxygens (including phenoxy) is 1. The van der Waals surface area contributed by atoms with Gasteiger partial charge in [-0.05, 0) is 30.2 Å². The van der Waals surface area contributed by atoms with Crippen molar-refractivity contribution in [1.82, 2.24) is 9.97 Å². The zero-order chi connectivity index (χ0) is 23.9. The van der Waals surface area contributed by atoms with E-state index in [9.17, 15) is 21.6 Å². The Bertz CT molecular complexity index is 1420. The average Bonchev–Trinajstić information content (AvgIpc) is 3.51. The molecular weight excluding hydrogens is 507 g/mol. The summed E-state index contributed by atoms with van der Waals surface area (Å²) in [5, 5.41) is 4.10. The van der Waals surface area contributed by atoms with Gasteiger partial charge in [0.15, 0.2) is 5.13 Å². The van der Waals surface area contributed by atoms with Gasteiger partial charge in [-0.1, -0.05) is 12.1 Å². The minimum Gasteiger partial charge on any atom is -0.493 e. The van der Waals surface area contributed by atoms with Crippen LogP contribution in [0.5, 0.6) is 5.75 Å². The van der Waals surface area contributed by atoms with Crippen LogP contribution >= 0.6 is 22.7 Å². The summed E-state index contributed by atoms with van der Waals surface area (Å²) in [7, 11) is -3.88. The smallest absolute Gasteiger partial charge is 0.416 e. The van der Waals surface area contributed by atoms with Gasteiger partial charge >= 0.3 is 6.18 Å². The van der Waals surface area contributed by atoms with Gasteiger partial charge in [-0.15, -0.1) is 22.7 Å². The van der Waals surface area contributed by atoms with Crippen molar-refractivity contribution < 1.29 is 26.3 Å². The summed E-state index contributed by atoms with van der Waals surface area (Å²) in [5.41, 5.74) is 1.05. The Hall–Kier alpha value is -2.96. The van der Waals surface area contributed by atoms with Crippen LogP contribution in [0.1, 0.15) is 29.0 Å². The predicted octanol–water partition coefficient (Wildman–Crippen LogP) is 6.00. The zero-order valence-electron chi connectivity index (χ0n) is 17.2. The molecule has 3 heterocycles. The van der Waals surface area contributed by atoms with Crippen LogP contribution in [-0.2, 0) is 16.2 Å². The molecule has 34 heavy (non-hydrogen) atoms. The van der Waals surface area contributed by atoms with E-state index in [1.54, 1.807) is 23.0 Å². The molecule has 12 heteroatoms. The normalized spacial score (nSPS) is 16.0. The number of fused-ring (bicyclic) bond motifs is 1. The first kappa shape index (κ1) is 22.8. The third-order valence-electron chi connectivity index (χ3n) is 5.41. The number of hydrogen-bond donors (Lipinski definition) is 1. The number of halogens is 3. The van der Waals surface area contributed by atoms with Crippen LogP contribution in [0.2, 0.25) is 0 Å². The maximum atomic E-state index is 13.4. The van der Waals surface area contributed by atoms with Crippen LogP contribution in [0.4, 0.5) is 18.3 Å². The fourth-order valence-corrected chi connectivity index (χ4v) is 6.37. The van der Waals surface area contributed by atoms with Crippen LogP contribution in [-0.4, -0.2) is 25.0 Å². The van der Waals surface area contributed by atoms with Crippen molar-refractivity contribution in [2.75, 3.05) is 11.3 Å². The standard InChI is InChI=1S/C22H16F3N3O3S3/c23-22(24,25)13-1-3-15(18(11-13)20-26-6-9-32-20)16-5-8-31-19-12-14(2-4-17(16)19)34(29,30)28-21-27-7-10-33-21/h1-4,6-7,9-12,16H,5,8H2,(H,27,28)/t16-/m0/s1. The first-order chi connectivity index (χ1) is 16.2. The van der Waals surface area contributed by atoms with Gasteiger partial charge in [-0.25, -0.2) is 18.4 Å². The molecule has 0 spiro atoms. The van der Waals surface area contributed by atoms with Crippen LogP contribution in [0.3, 0.4) is 0 Å². The lowest BCUT2D eigenvalue weighted by atomic mass is 9.83. The number of aromatic nitrogens is 2. The van der Waals surface area contributed by atoms with E-state index in [1.807, 2.05) is 0 Å². The van der Waals surface area contributed by atoms with Gasteiger partial charge in [0.2, 0.25) is 0 Å². The number of alkyl halides is 3. The molecule has 176 valence electrons. The van der Waals surface area contributed by atoms with Gasteiger partial charge in [0, 0.05) is 46.3 Å². The molecule has 1 N–H and O–H groups in total. The number of sulfonamides is 1. The van der Waals surface area contributed by atoms with Crippen LogP contribution in [0.15, 0.2) is 64.4 Å². The summed E-state index contributed by atoms with van der Waals surface area (Å²) in [5.74, 6) is 0.0943. The summed E-state index contributed by atoms with van der Waals surface area (Å²) in [6.45, 7) is 0.291. The number of thiazole rings is 2. The lowest BCUT2D eigenvalue weighted by molar-refractivity contribution is -0.137. The van der Waals surface area contributed by atoms with Crippen molar-refractivity contribution in [3.8, 4) is 16.3 Å². The first-order valence-corrected chi connectivity index (χ1v) is 13.3. The minimum absolute atomic E-state index is 0.00895. The Balaban J connectivity index is 1.55. The molecular formula is C22H16F3N3O3S3. The molecule has 2 aromatic carbocycles. The highest BCUT2D eigenvalue weighted by molar-refractivity contribution is 7.93. The quantitative estimate of drug-likeness (QED) is 0.347. The molecule has 6 nitrogen and oxygen atoms in total. The maximum Gasteiger partial charge on any atom is 0.416 e. The molecule has 4 aromatic rings. The van der Waals surface area contributed by atoms with Crippen molar-refractivity contribution >= 4 is 37.8 Å². The van der Waals surface area contributed by atoms with E-state index in [0.29, 0.717) is 40.5 Å². The molecule has 0 fully saturated rings. The lowest BCUT2D eigenvalue weighted by Gasteiger charge is -2.28. The largest absolute Gasteiger partial charge is 0.493 e. The van der Waals surface area contributed by atoms with Gasteiger partial charge in [-0.2, -0.15) is 13.2 Å². The first-order valence-electron chi connectivity index (χ1n) is 10.0. The molecule has 1 aliphatic heterocycles. The fraction of sp³-hybridized carbons (Fsp3) is 0.182. The lowest BCUT2D eigenvalue weighted by Crippen LogP contribution is -2.18. The Kier molecular flexibility index (Phi) is 5.82. The zero-order valence-corrected chi connectivity index (χ0v) is 19.7. The van der Waals surface area contributed by atoms with Gasteiger partial charge in [0.1, 0.15) is 10.8 Å². The summed E-state index contributed by atoms with van der Waals surface area (Å²) >= 11 is 2.42. The van der Waals surface area contributed by atoms with E-state index in [-0.39, 0.29) is 15.9 Å². The average molecular weight is 524 g/mol. The Morgan fingerprint density at radius 2 is 1.76 bits per heavy atom. The van der Waals surface area contributed by atoms with E-state index >= 15 is 0 Å². The van der Waals surface area contributed by atoms with Crippen molar-refractivity contribution in [2.45, 2.75) is 23.4 Å². The highest BCUT2D eigenvalue weighted by atomic mass is 32.2. The second kappa shape index (κ2) is 8.67. The summed E-state index contributed by atoms with van der Waals surface area (Å²) in [6.07, 6.45) is -0.909. The molecule has 0 bridgehead atoms. The van der Waals surface area contributed by atoms with Gasteiger partial charge in [0.05, 0.1) is 17.1 Å². The second-order valence-electron chi connectivity index (χ2n) is 7.47. The van der Waals surface area contributed by atoms with E-state index in [1.165, 1.54) is 35.7 Å². The van der Waals surface area contributed by atoms with E-state index < -0.39 is 21.8 Å². The summed E-state index contributed by atoms with van der Waals surface area (Å²) in [4.78, 5) is 8.18. The molecule has 0 radical (unpaired) electrons. The molecule has 0 aliphatic carbocycles. The molecule has 2 aromatic heterocycles. The predicted molar refractivity (Wildman–Crippen MR) is 124 cm³/mol. The molecule has 1 atom stereocenters.